The molecular weight excluding hydrogens is 234 g/mol. The molecule has 1 aliphatic heterocycles. The molecule has 0 bridgehead atoms. The maximum atomic E-state index is 13.9. The molecule has 0 aliphatic carbocycles. The Balaban J connectivity index is 2.09. The third kappa shape index (κ3) is 2.64. The molecule has 1 saturated heterocycles. The SMILES string of the molecule is Cc1ccc(F)c(NC2CCN(C(C)C)C2)c1F. The van der Waals surface area contributed by atoms with Crippen LogP contribution in [0.4, 0.5) is 14.5 Å². The second kappa shape index (κ2) is 5.22. The average molecular weight is 254 g/mol. The highest BCUT2D eigenvalue weighted by Crippen LogP contribution is 2.24. The molecule has 0 radical (unpaired) electrons. The molecule has 4 heteroatoms. The van der Waals surface area contributed by atoms with Gasteiger partial charge in [-0.1, -0.05) is 6.07 Å². The first kappa shape index (κ1) is 13.3. The Morgan fingerprint density at radius 1 is 1.33 bits per heavy atom. The molecule has 0 amide bonds. The van der Waals surface area contributed by atoms with Crippen LogP contribution in [0.15, 0.2) is 12.1 Å². The van der Waals surface area contributed by atoms with Gasteiger partial charge >= 0.3 is 0 Å². The Kier molecular flexibility index (Phi) is 3.85. The quantitative estimate of drug-likeness (QED) is 0.891. The highest BCUT2D eigenvalue weighted by molar-refractivity contribution is 5.49. The van der Waals surface area contributed by atoms with Crippen LogP contribution in [0.25, 0.3) is 0 Å². The van der Waals surface area contributed by atoms with Gasteiger partial charge in [-0.25, -0.2) is 8.78 Å². The second-order valence-corrected chi connectivity index (χ2v) is 5.27. The summed E-state index contributed by atoms with van der Waals surface area (Å²) in [4.78, 5) is 2.31. The maximum absolute atomic E-state index is 13.9. The lowest BCUT2D eigenvalue weighted by Crippen LogP contribution is -2.31. The molecule has 2 rings (SSSR count). The standard InChI is InChI=1S/C14H20F2N2/c1-9(2)18-7-6-11(8-18)17-14-12(15)5-4-10(3)13(14)16/h4-5,9,11,17H,6-8H2,1-3H3. The summed E-state index contributed by atoms with van der Waals surface area (Å²) in [6.07, 6.45) is 0.922. The maximum Gasteiger partial charge on any atom is 0.152 e. The zero-order chi connectivity index (χ0) is 13.3. The summed E-state index contributed by atoms with van der Waals surface area (Å²) < 4.78 is 27.5. The molecule has 1 N–H and O–H groups in total. The van der Waals surface area contributed by atoms with Crippen molar-refractivity contribution < 1.29 is 8.78 Å². The van der Waals surface area contributed by atoms with Crippen LogP contribution in [0.5, 0.6) is 0 Å². The Morgan fingerprint density at radius 2 is 2.06 bits per heavy atom. The minimum absolute atomic E-state index is 0.0191. The number of rotatable bonds is 3. The van der Waals surface area contributed by atoms with Gasteiger partial charge < -0.3 is 5.32 Å². The number of anilines is 1. The number of nitrogens with one attached hydrogen (secondary N) is 1. The Hall–Kier alpha value is -1.16. The Labute approximate surface area is 107 Å². The van der Waals surface area contributed by atoms with Crippen LogP contribution in [0, 0.1) is 18.6 Å². The average Bonchev–Trinajstić information content (AvgIpc) is 2.78. The summed E-state index contributed by atoms with van der Waals surface area (Å²) in [6.45, 7) is 7.73. The molecule has 0 saturated carbocycles. The van der Waals surface area contributed by atoms with Crippen LogP contribution in [0.1, 0.15) is 25.8 Å². The number of benzene rings is 1. The number of hydrogen-bond donors (Lipinski definition) is 1. The van der Waals surface area contributed by atoms with E-state index in [1.54, 1.807) is 6.92 Å². The van der Waals surface area contributed by atoms with Crippen molar-refractivity contribution in [1.29, 1.82) is 0 Å². The Morgan fingerprint density at radius 3 is 2.67 bits per heavy atom. The first-order valence-corrected chi connectivity index (χ1v) is 6.44. The zero-order valence-electron chi connectivity index (χ0n) is 11.1. The van der Waals surface area contributed by atoms with Crippen molar-refractivity contribution in [3.63, 3.8) is 0 Å². The van der Waals surface area contributed by atoms with Crippen molar-refractivity contribution in [3.05, 3.63) is 29.3 Å². The fourth-order valence-electron chi connectivity index (χ4n) is 2.37. The summed E-state index contributed by atoms with van der Waals surface area (Å²) in [6, 6.07) is 3.38. The molecule has 1 aromatic rings. The van der Waals surface area contributed by atoms with Gasteiger partial charge in [0.05, 0.1) is 0 Å². The predicted molar refractivity (Wildman–Crippen MR) is 69.8 cm³/mol. The van der Waals surface area contributed by atoms with E-state index in [4.69, 9.17) is 0 Å². The summed E-state index contributed by atoms with van der Waals surface area (Å²) in [5, 5.41) is 3.01. The summed E-state index contributed by atoms with van der Waals surface area (Å²) in [7, 11) is 0. The highest BCUT2D eigenvalue weighted by atomic mass is 19.1. The molecule has 1 unspecified atom stereocenters. The van der Waals surface area contributed by atoms with Crippen LogP contribution in [0.3, 0.4) is 0 Å². The minimum atomic E-state index is -0.513. The van der Waals surface area contributed by atoms with Crippen LogP contribution >= 0.6 is 0 Å². The van der Waals surface area contributed by atoms with E-state index in [2.05, 4.69) is 24.1 Å². The summed E-state index contributed by atoms with van der Waals surface area (Å²) in [5.41, 5.74) is 0.489. The van der Waals surface area contributed by atoms with E-state index in [9.17, 15) is 8.78 Å². The normalized spacial score (nSPS) is 20.7. The molecule has 0 spiro atoms. The van der Waals surface area contributed by atoms with Crippen LogP contribution in [-0.4, -0.2) is 30.1 Å². The highest BCUT2D eigenvalue weighted by Gasteiger charge is 2.25. The van der Waals surface area contributed by atoms with Gasteiger partial charge in [0.2, 0.25) is 0 Å². The van der Waals surface area contributed by atoms with Gasteiger partial charge in [0.15, 0.2) is 5.82 Å². The van der Waals surface area contributed by atoms with Crippen molar-refractivity contribution in [2.45, 2.75) is 39.3 Å². The Bertz CT molecular complexity index is 432. The number of nitrogens with zero attached hydrogens (tertiary/aromatic N) is 1. The third-order valence-electron chi connectivity index (χ3n) is 3.58. The lowest BCUT2D eigenvalue weighted by atomic mass is 10.1. The number of halogens is 2. The topological polar surface area (TPSA) is 15.3 Å². The monoisotopic (exact) mass is 254 g/mol. The molecule has 1 atom stereocenters. The number of likely N-dealkylation sites (tertiary alicyclic amines) is 1. The van der Waals surface area contributed by atoms with E-state index < -0.39 is 11.6 Å². The second-order valence-electron chi connectivity index (χ2n) is 5.27. The van der Waals surface area contributed by atoms with Gasteiger partial charge in [-0.05, 0) is 38.8 Å². The van der Waals surface area contributed by atoms with Crippen molar-refractivity contribution >= 4 is 5.69 Å². The largest absolute Gasteiger partial charge is 0.376 e. The van der Waals surface area contributed by atoms with Crippen molar-refractivity contribution in [3.8, 4) is 0 Å². The minimum Gasteiger partial charge on any atom is -0.376 e. The van der Waals surface area contributed by atoms with Gasteiger partial charge in [-0.2, -0.15) is 0 Å². The third-order valence-corrected chi connectivity index (χ3v) is 3.58. The van der Waals surface area contributed by atoms with Gasteiger partial charge in [-0.3, -0.25) is 4.90 Å². The van der Waals surface area contributed by atoms with Gasteiger partial charge in [0.25, 0.3) is 0 Å². The summed E-state index contributed by atoms with van der Waals surface area (Å²) >= 11 is 0. The molecule has 1 aliphatic rings. The molecule has 1 fully saturated rings. The fraction of sp³-hybridized carbons (Fsp3) is 0.571. The fourth-order valence-corrected chi connectivity index (χ4v) is 2.37. The van der Waals surface area contributed by atoms with Crippen molar-refractivity contribution in [2.75, 3.05) is 18.4 Å². The van der Waals surface area contributed by atoms with Crippen molar-refractivity contribution in [2.24, 2.45) is 0 Å². The van der Waals surface area contributed by atoms with E-state index in [0.717, 1.165) is 19.5 Å². The van der Waals surface area contributed by atoms with E-state index >= 15 is 0 Å². The molecular formula is C14H20F2N2. The molecule has 0 aromatic heterocycles. The first-order chi connectivity index (χ1) is 8.49. The first-order valence-electron chi connectivity index (χ1n) is 6.44. The molecule has 18 heavy (non-hydrogen) atoms. The number of hydrogen-bond acceptors (Lipinski definition) is 2. The van der Waals surface area contributed by atoms with Crippen LogP contribution in [0.2, 0.25) is 0 Å². The van der Waals surface area contributed by atoms with E-state index in [0.29, 0.717) is 11.6 Å². The lowest BCUT2D eigenvalue weighted by molar-refractivity contribution is 0.274. The van der Waals surface area contributed by atoms with Gasteiger partial charge in [-0.15, -0.1) is 0 Å². The molecule has 100 valence electrons. The predicted octanol–water partition coefficient (Wildman–Crippen LogP) is 3.17. The molecule has 2 nitrogen and oxygen atoms in total. The van der Waals surface area contributed by atoms with E-state index in [-0.39, 0.29) is 11.7 Å². The van der Waals surface area contributed by atoms with Crippen molar-refractivity contribution in [1.82, 2.24) is 4.90 Å². The lowest BCUT2D eigenvalue weighted by Gasteiger charge is -2.21. The van der Waals surface area contributed by atoms with Gasteiger partial charge in [0, 0.05) is 25.2 Å². The van der Waals surface area contributed by atoms with Crippen LogP contribution < -0.4 is 5.32 Å². The smallest absolute Gasteiger partial charge is 0.152 e. The number of aryl methyl sites for hydroxylation is 1. The molecule has 1 heterocycles. The molecule has 1 aromatic carbocycles. The van der Waals surface area contributed by atoms with Gasteiger partial charge in [0.1, 0.15) is 11.5 Å². The summed E-state index contributed by atoms with van der Waals surface area (Å²) in [5.74, 6) is -0.987. The van der Waals surface area contributed by atoms with E-state index in [1.165, 1.54) is 12.1 Å². The van der Waals surface area contributed by atoms with E-state index in [1.807, 2.05) is 0 Å². The zero-order valence-corrected chi connectivity index (χ0v) is 11.1. The van der Waals surface area contributed by atoms with Crippen LogP contribution in [-0.2, 0) is 0 Å².